The normalized spacial score (nSPS) is 32.1. The number of sulfonamides is 1. The third-order valence-electron chi connectivity index (χ3n) is 11.5. The van der Waals surface area contributed by atoms with Gasteiger partial charge in [0.25, 0.3) is 5.91 Å². The molecule has 6 atom stereocenters. The molecule has 3 aromatic rings. The van der Waals surface area contributed by atoms with Crippen molar-refractivity contribution >= 4 is 33.2 Å². The zero-order chi connectivity index (χ0) is 33.7. The molecule has 2 aliphatic carbocycles. The lowest BCUT2D eigenvalue weighted by Crippen LogP contribution is -2.52. The SMILES string of the molecule is CO[C@]1(c2ccccn2)/C=C/C[C@H](C)[C@@H](C)S(=O)(=O)NC(=O)c2ccc3c(c2)N(C[C@@H]2CC[C@H]21)C[C@@]1(CCCc2cc(Cl)ccc21)CO3. The molecule has 1 N–H and O–H groups in total. The van der Waals surface area contributed by atoms with Gasteiger partial charge in [0.05, 0.1) is 23.2 Å². The Morgan fingerprint density at radius 2 is 1.96 bits per heavy atom. The predicted octanol–water partition coefficient (Wildman–Crippen LogP) is 6.82. The topological polar surface area (TPSA) is 97.8 Å². The number of aromatic nitrogens is 1. The van der Waals surface area contributed by atoms with Gasteiger partial charge in [0.2, 0.25) is 10.0 Å². The van der Waals surface area contributed by atoms with Gasteiger partial charge in [0.15, 0.2) is 0 Å². The summed E-state index contributed by atoms with van der Waals surface area (Å²) in [6, 6.07) is 17.4. The number of hydrogen-bond donors (Lipinski definition) is 1. The molecule has 0 unspecified atom stereocenters. The number of fused-ring (bicyclic) bond motifs is 4. The number of nitrogens with one attached hydrogen (secondary N) is 1. The molecule has 254 valence electrons. The van der Waals surface area contributed by atoms with Gasteiger partial charge in [0, 0.05) is 48.3 Å². The number of carbonyl (C=O) groups excluding carboxylic acids is 1. The minimum atomic E-state index is -3.96. The zero-order valence-corrected chi connectivity index (χ0v) is 29.4. The maximum atomic E-state index is 13.5. The van der Waals surface area contributed by atoms with E-state index in [0.29, 0.717) is 31.9 Å². The Balaban J connectivity index is 1.36. The van der Waals surface area contributed by atoms with E-state index in [1.807, 2.05) is 43.3 Å². The number of hydrogen-bond acceptors (Lipinski definition) is 7. The summed E-state index contributed by atoms with van der Waals surface area (Å²) in [6.45, 7) is 5.45. The molecule has 2 aromatic carbocycles. The van der Waals surface area contributed by atoms with Gasteiger partial charge in [0.1, 0.15) is 11.4 Å². The first kappa shape index (κ1) is 33.1. The number of rotatable bonds is 2. The molecule has 48 heavy (non-hydrogen) atoms. The van der Waals surface area contributed by atoms with E-state index in [1.54, 1.807) is 32.4 Å². The fourth-order valence-electron chi connectivity index (χ4n) is 8.44. The summed E-state index contributed by atoms with van der Waals surface area (Å²) in [5.74, 6) is 0.191. The molecule has 7 rings (SSSR count). The Hall–Kier alpha value is -3.40. The van der Waals surface area contributed by atoms with Crippen LogP contribution in [0.15, 0.2) is 72.9 Å². The van der Waals surface area contributed by atoms with E-state index in [1.165, 1.54) is 11.1 Å². The quantitative estimate of drug-likeness (QED) is 0.295. The van der Waals surface area contributed by atoms with Gasteiger partial charge in [-0.15, -0.1) is 0 Å². The van der Waals surface area contributed by atoms with Crippen LogP contribution in [0.1, 0.15) is 73.1 Å². The fraction of sp³-hybridized carbons (Fsp3) is 0.474. The van der Waals surface area contributed by atoms with Gasteiger partial charge in [-0.3, -0.25) is 9.78 Å². The van der Waals surface area contributed by atoms with E-state index in [9.17, 15) is 13.2 Å². The molecule has 0 saturated heterocycles. The second kappa shape index (κ2) is 12.8. The number of anilines is 1. The molecule has 2 bridgehead atoms. The molecule has 3 heterocycles. The molecule has 0 radical (unpaired) electrons. The van der Waals surface area contributed by atoms with Crippen molar-refractivity contribution in [3.8, 4) is 5.75 Å². The summed E-state index contributed by atoms with van der Waals surface area (Å²) in [4.78, 5) is 20.7. The second-order valence-electron chi connectivity index (χ2n) is 14.2. The number of methoxy groups -OCH3 is 1. The van der Waals surface area contributed by atoms with Crippen LogP contribution in [0.3, 0.4) is 0 Å². The largest absolute Gasteiger partial charge is 0.490 e. The molecule has 2 aliphatic heterocycles. The average Bonchev–Trinajstić information content (AvgIpc) is 3.22. The van der Waals surface area contributed by atoms with Gasteiger partial charge >= 0.3 is 0 Å². The first-order valence-corrected chi connectivity index (χ1v) is 19.0. The third-order valence-corrected chi connectivity index (χ3v) is 13.7. The number of pyridine rings is 1. The second-order valence-corrected chi connectivity index (χ2v) is 16.7. The van der Waals surface area contributed by atoms with E-state index in [2.05, 4.69) is 27.8 Å². The highest BCUT2D eigenvalue weighted by molar-refractivity contribution is 7.90. The van der Waals surface area contributed by atoms with Crippen LogP contribution in [0.5, 0.6) is 5.75 Å². The van der Waals surface area contributed by atoms with Crippen LogP contribution in [-0.2, 0) is 32.2 Å². The van der Waals surface area contributed by atoms with Crippen molar-refractivity contribution in [1.29, 1.82) is 0 Å². The molecule has 8 nitrogen and oxygen atoms in total. The third kappa shape index (κ3) is 5.81. The summed E-state index contributed by atoms with van der Waals surface area (Å²) in [5, 5.41) is -0.0682. The van der Waals surface area contributed by atoms with Crippen molar-refractivity contribution in [3.63, 3.8) is 0 Å². The van der Waals surface area contributed by atoms with Crippen molar-refractivity contribution in [2.75, 3.05) is 31.7 Å². The molecule has 1 spiro atoms. The van der Waals surface area contributed by atoms with Crippen molar-refractivity contribution in [2.45, 2.75) is 68.6 Å². The highest BCUT2D eigenvalue weighted by Crippen LogP contribution is 2.51. The van der Waals surface area contributed by atoms with Crippen molar-refractivity contribution in [2.24, 2.45) is 17.8 Å². The van der Waals surface area contributed by atoms with Gasteiger partial charge in [-0.05, 0) is 111 Å². The monoisotopic (exact) mass is 689 g/mol. The van der Waals surface area contributed by atoms with E-state index in [4.69, 9.17) is 26.1 Å². The van der Waals surface area contributed by atoms with Gasteiger partial charge in [-0.2, -0.15) is 0 Å². The molecule has 1 amide bonds. The van der Waals surface area contributed by atoms with E-state index >= 15 is 0 Å². The summed E-state index contributed by atoms with van der Waals surface area (Å²) in [7, 11) is -2.22. The Morgan fingerprint density at radius 1 is 1.10 bits per heavy atom. The molecule has 1 fully saturated rings. The number of aryl methyl sites for hydroxylation is 1. The minimum absolute atomic E-state index is 0.130. The Kier molecular flexibility index (Phi) is 8.84. The maximum absolute atomic E-state index is 13.5. The summed E-state index contributed by atoms with van der Waals surface area (Å²) >= 11 is 6.46. The summed E-state index contributed by atoms with van der Waals surface area (Å²) < 4.78 is 42.5. The predicted molar refractivity (Wildman–Crippen MR) is 188 cm³/mol. The van der Waals surface area contributed by atoms with Crippen LogP contribution in [0.2, 0.25) is 5.02 Å². The molecular weight excluding hydrogens is 646 g/mol. The number of ether oxygens (including phenoxy) is 2. The van der Waals surface area contributed by atoms with E-state index in [0.717, 1.165) is 48.5 Å². The first-order chi connectivity index (χ1) is 23.0. The molecule has 1 aromatic heterocycles. The van der Waals surface area contributed by atoms with Crippen molar-refractivity contribution in [1.82, 2.24) is 9.71 Å². The van der Waals surface area contributed by atoms with Gasteiger partial charge in [-0.1, -0.05) is 42.8 Å². The van der Waals surface area contributed by atoms with Crippen LogP contribution >= 0.6 is 11.6 Å². The number of carbonyl (C=O) groups is 1. The summed E-state index contributed by atoms with van der Waals surface area (Å²) in [5.41, 5.74) is 3.38. The van der Waals surface area contributed by atoms with Crippen molar-refractivity contribution < 1.29 is 22.7 Å². The fourth-order valence-corrected chi connectivity index (χ4v) is 9.92. The smallest absolute Gasteiger partial charge is 0.264 e. The lowest BCUT2D eigenvalue weighted by atomic mass is 9.62. The van der Waals surface area contributed by atoms with E-state index in [-0.39, 0.29) is 28.7 Å². The Labute approximate surface area is 288 Å². The maximum Gasteiger partial charge on any atom is 0.264 e. The number of allylic oxidation sites excluding steroid dienone is 1. The Morgan fingerprint density at radius 3 is 2.71 bits per heavy atom. The minimum Gasteiger partial charge on any atom is -0.490 e. The van der Waals surface area contributed by atoms with Crippen LogP contribution in [-0.4, -0.2) is 51.4 Å². The first-order valence-electron chi connectivity index (χ1n) is 17.1. The number of nitrogens with zero attached hydrogens (tertiary/aromatic N) is 2. The number of amides is 1. The molecule has 10 heteroatoms. The number of halogens is 1. The van der Waals surface area contributed by atoms with Crippen molar-refractivity contribution in [3.05, 3.63) is 100 Å². The number of benzene rings is 2. The highest BCUT2D eigenvalue weighted by Gasteiger charge is 2.50. The van der Waals surface area contributed by atoms with E-state index < -0.39 is 26.8 Å². The lowest BCUT2D eigenvalue weighted by Gasteiger charge is -2.50. The highest BCUT2D eigenvalue weighted by atomic mass is 35.5. The zero-order valence-electron chi connectivity index (χ0n) is 27.8. The van der Waals surface area contributed by atoms with Crippen LogP contribution in [0.4, 0.5) is 5.69 Å². The molecular formula is C38H44ClN3O5S. The van der Waals surface area contributed by atoms with Crippen LogP contribution in [0.25, 0.3) is 0 Å². The lowest BCUT2D eigenvalue weighted by molar-refractivity contribution is -0.0831. The average molecular weight is 690 g/mol. The van der Waals surface area contributed by atoms with Gasteiger partial charge < -0.3 is 14.4 Å². The summed E-state index contributed by atoms with van der Waals surface area (Å²) in [6.07, 6.45) is 11.4. The Bertz CT molecular complexity index is 1830. The molecule has 1 saturated carbocycles. The van der Waals surface area contributed by atoms with Crippen LogP contribution < -0.4 is 14.4 Å². The van der Waals surface area contributed by atoms with Crippen LogP contribution in [0, 0.1) is 17.8 Å². The standard InChI is InChI=1S/C38H44ClN3O5S/c1-25-8-6-18-38(46-3,35-10-4-5-19-40-35)32-14-11-29(32)22-42-23-37(17-7-9-27-20-30(39)13-15-31(27)37)24-47-34-16-12-28(21-33(34)42)36(43)41-48(44,45)26(25)2/h4-6,10,12-13,15-16,18-21,25-26,29,32H,7-9,11,14,17,22-24H2,1-3H3,(H,41,43)/b18-6+/t25-,26+,29-,32+,37-,38+/m0/s1. The molecule has 4 aliphatic rings. The van der Waals surface area contributed by atoms with Gasteiger partial charge in [-0.25, -0.2) is 13.1 Å².